The SMILES string of the molecule is CC1c2c([N+](=O)[O-])cc(C(C)(C)C)c(O)c2C(=O)C2C(=O)C3(O)C(=O)C(C(N)=O)C(=O)C(N(C)C)C3C(O)C21. The van der Waals surface area contributed by atoms with Gasteiger partial charge in [-0.15, -0.1) is 0 Å². The van der Waals surface area contributed by atoms with E-state index in [-0.39, 0.29) is 11.1 Å². The largest absolute Gasteiger partial charge is 0.507 e. The monoisotopic (exact) mass is 545 g/mol. The van der Waals surface area contributed by atoms with Crippen LogP contribution in [-0.4, -0.2) is 86.0 Å². The van der Waals surface area contributed by atoms with Crippen LogP contribution in [0.2, 0.25) is 0 Å². The van der Waals surface area contributed by atoms with E-state index in [9.17, 15) is 49.4 Å². The summed E-state index contributed by atoms with van der Waals surface area (Å²) in [5.41, 5.74) is 0.155. The number of nitro benzene ring substituents is 1. The number of nitrogens with two attached hydrogens (primary N) is 1. The van der Waals surface area contributed by atoms with E-state index in [2.05, 4.69) is 0 Å². The van der Waals surface area contributed by atoms with Crippen molar-refractivity contribution in [3.63, 3.8) is 0 Å². The van der Waals surface area contributed by atoms with Gasteiger partial charge in [-0.05, 0) is 25.4 Å². The summed E-state index contributed by atoms with van der Waals surface area (Å²) in [6.07, 6.45) is -1.87. The van der Waals surface area contributed by atoms with Crippen LogP contribution in [0.4, 0.5) is 5.69 Å². The summed E-state index contributed by atoms with van der Waals surface area (Å²) in [5, 5.41) is 46.6. The molecule has 3 aliphatic rings. The third-order valence-corrected chi connectivity index (χ3v) is 8.57. The van der Waals surface area contributed by atoms with Gasteiger partial charge < -0.3 is 21.1 Å². The molecule has 8 atom stereocenters. The van der Waals surface area contributed by atoms with Crippen LogP contribution >= 0.6 is 0 Å². The van der Waals surface area contributed by atoms with E-state index in [0.717, 1.165) is 6.07 Å². The second-order valence-electron chi connectivity index (χ2n) is 12.0. The van der Waals surface area contributed by atoms with E-state index in [1.54, 1.807) is 20.8 Å². The van der Waals surface area contributed by atoms with Crippen LogP contribution in [0, 0.1) is 33.8 Å². The third kappa shape index (κ3) is 3.60. The Labute approximate surface area is 223 Å². The Balaban J connectivity index is 2.04. The average molecular weight is 546 g/mol. The fourth-order valence-electron chi connectivity index (χ4n) is 6.84. The molecule has 0 heterocycles. The van der Waals surface area contributed by atoms with E-state index in [1.165, 1.54) is 25.9 Å². The summed E-state index contributed by atoms with van der Waals surface area (Å²) in [4.78, 5) is 79.3. The first-order valence-electron chi connectivity index (χ1n) is 12.4. The Morgan fingerprint density at radius 3 is 2.18 bits per heavy atom. The summed E-state index contributed by atoms with van der Waals surface area (Å²) in [6, 6.07) is -0.375. The van der Waals surface area contributed by atoms with Gasteiger partial charge in [-0.1, -0.05) is 27.7 Å². The number of primary amides is 1. The highest BCUT2D eigenvalue weighted by Crippen LogP contribution is 2.57. The summed E-state index contributed by atoms with van der Waals surface area (Å²) in [7, 11) is 2.75. The lowest BCUT2D eigenvalue weighted by molar-refractivity contribution is -0.386. The Hall–Kier alpha value is -3.55. The Morgan fingerprint density at radius 2 is 1.72 bits per heavy atom. The van der Waals surface area contributed by atoms with Crippen molar-refractivity contribution >= 4 is 34.7 Å². The van der Waals surface area contributed by atoms with Crippen LogP contribution in [0.1, 0.15) is 55.1 Å². The van der Waals surface area contributed by atoms with Crippen LogP contribution in [0.15, 0.2) is 6.07 Å². The Morgan fingerprint density at radius 1 is 1.15 bits per heavy atom. The van der Waals surface area contributed by atoms with Gasteiger partial charge in [0, 0.05) is 23.1 Å². The molecule has 2 fully saturated rings. The van der Waals surface area contributed by atoms with Crippen molar-refractivity contribution in [2.45, 2.75) is 56.8 Å². The third-order valence-electron chi connectivity index (χ3n) is 8.57. The molecule has 1 amide bonds. The number of carbonyl (C=O) groups excluding carboxylic acids is 5. The van der Waals surface area contributed by atoms with Crippen LogP contribution in [-0.2, 0) is 24.6 Å². The molecule has 0 radical (unpaired) electrons. The van der Waals surface area contributed by atoms with Gasteiger partial charge in [-0.2, -0.15) is 0 Å². The Kier molecular flexibility index (Phi) is 6.37. The number of aliphatic hydroxyl groups excluding tert-OH is 1. The molecule has 0 bridgehead atoms. The highest BCUT2D eigenvalue weighted by Gasteiger charge is 2.73. The number of hydrogen-bond donors (Lipinski definition) is 4. The van der Waals surface area contributed by atoms with Crippen molar-refractivity contribution in [2.24, 2.45) is 29.4 Å². The molecule has 3 aliphatic carbocycles. The quantitative estimate of drug-likeness (QED) is 0.218. The number of carbonyl (C=O) groups is 5. The van der Waals surface area contributed by atoms with Crippen molar-refractivity contribution in [3.05, 3.63) is 32.9 Å². The topological polar surface area (TPSA) is 218 Å². The molecule has 0 spiro atoms. The van der Waals surface area contributed by atoms with Crippen molar-refractivity contribution in [2.75, 3.05) is 14.1 Å². The number of aliphatic hydroxyl groups is 2. The van der Waals surface area contributed by atoms with E-state index < -0.39 is 104 Å². The summed E-state index contributed by atoms with van der Waals surface area (Å²) >= 11 is 0. The first-order chi connectivity index (χ1) is 17.8. The number of benzene rings is 1. The van der Waals surface area contributed by atoms with Gasteiger partial charge in [-0.3, -0.25) is 39.0 Å². The lowest BCUT2D eigenvalue weighted by Gasteiger charge is -2.55. The van der Waals surface area contributed by atoms with E-state index in [4.69, 9.17) is 5.73 Å². The van der Waals surface area contributed by atoms with Crippen molar-refractivity contribution in [1.29, 1.82) is 0 Å². The molecule has 0 aliphatic heterocycles. The van der Waals surface area contributed by atoms with Crippen LogP contribution < -0.4 is 5.73 Å². The molecule has 1 aromatic carbocycles. The number of nitro groups is 1. The normalized spacial score (nSPS) is 34.4. The fourth-order valence-corrected chi connectivity index (χ4v) is 6.84. The van der Waals surface area contributed by atoms with Crippen molar-refractivity contribution in [3.8, 4) is 5.75 Å². The van der Waals surface area contributed by atoms with Crippen molar-refractivity contribution in [1.82, 2.24) is 4.90 Å². The minimum absolute atomic E-state index is 0.0631. The van der Waals surface area contributed by atoms with E-state index in [1.807, 2.05) is 0 Å². The van der Waals surface area contributed by atoms with Gasteiger partial charge in [0.1, 0.15) is 5.75 Å². The number of phenolic OH excluding ortho intramolecular Hbond substituents is 1. The zero-order valence-corrected chi connectivity index (χ0v) is 22.3. The number of nitrogens with zero attached hydrogens (tertiary/aromatic N) is 2. The number of Topliss-reactive ketones (excluding diaryl/α,β-unsaturated/α-hetero) is 4. The van der Waals surface area contributed by atoms with Crippen LogP contribution in [0.25, 0.3) is 0 Å². The molecular weight excluding hydrogens is 514 g/mol. The van der Waals surface area contributed by atoms with Crippen molar-refractivity contribution < 1.29 is 44.2 Å². The number of rotatable bonds is 3. The summed E-state index contributed by atoms with van der Waals surface area (Å²) in [6.45, 7) is 6.40. The molecule has 1 aromatic rings. The van der Waals surface area contributed by atoms with Crippen LogP contribution in [0.5, 0.6) is 5.75 Å². The highest BCUT2D eigenvalue weighted by molar-refractivity contribution is 6.32. The standard InChI is InChI=1S/C26H31N3O10/c1-8-11-10(29(38)39)7-9(25(2,3)4)18(30)13(11)19(31)14-12(8)20(32)16-17(28(5)6)21(33)15(24(27)36)23(35)26(16,37)22(14)34/h7-8,12,14-17,20,30,32,37H,1-6H3,(H2,27,36). The first-order valence-corrected chi connectivity index (χ1v) is 12.4. The van der Waals surface area contributed by atoms with Gasteiger partial charge in [-0.25, -0.2) is 0 Å². The number of fused-ring (bicyclic) bond motifs is 3. The van der Waals surface area contributed by atoms with Gasteiger partial charge in [0.15, 0.2) is 34.7 Å². The van der Waals surface area contributed by atoms with Gasteiger partial charge >= 0.3 is 0 Å². The van der Waals surface area contributed by atoms with Gasteiger partial charge in [0.25, 0.3) is 5.69 Å². The maximum absolute atomic E-state index is 14.0. The van der Waals surface area contributed by atoms with Gasteiger partial charge in [0.2, 0.25) is 5.91 Å². The predicted molar refractivity (Wildman–Crippen MR) is 133 cm³/mol. The smallest absolute Gasteiger partial charge is 0.274 e. The zero-order chi connectivity index (χ0) is 29.7. The van der Waals surface area contributed by atoms with E-state index in [0.29, 0.717) is 0 Å². The predicted octanol–water partition coefficient (Wildman–Crippen LogP) is -0.395. The summed E-state index contributed by atoms with van der Waals surface area (Å²) < 4.78 is 0. The van der Waals surface area contributed by atoms with E-state index >= 15 is 0 Å². The molecule has 0 saturated heterocycles. The number of likely N-dealkylation sites (N-methyl/N-ethyl adjacent to an activating group) is 1. The van der Waals surface area contributed by atoms with Gasteiger partial charge in [0.05, 0.1) is 34.5 Å². The Bertz CT molecular complexity index is 1360. The maximum atomic E-state index is 14.0. The molecule has 0 aromatic heterocycles. The summed E-state index contributed by atoms with van der Waals surface area (Å²) in [5.74, 6) is -15.4. The highest BCUT2D eigenvalue weighted by atomic mass is 16.6. The molecule has 8 unspecified atom stereocenters. The number of phenols is 1. The maximum Gasteiger partial charge on any atom is 0.274 e. The number of amides is 1. The lowest BCUT2D eigenvalue weighted by atomic mass is 9.49. The average Bonchev–Trinajstić information content (AvgIpc) is 2.79. The molecule has 13 heteroatoms. The van der Waals surface area contributed by atoms with Crippen LogP contribution in [0.3, 0.4) is 0 Å². The second-order valence-corrected chi connectivity index (χ2v) is 12.0. The fraction of sp³-hybridized carbons (Fsp3) is 0.577. The lowest BCUT2D eigenvalue weighted by Crippen LogP contribution is -2.77. The number of hydrogen-bond acceptors (Lipinski definition) is 11. The number of ketones is 4. The molecule has 4 rings (SSSR count). The molecular formula is C26H31N3O10. The molecule has 2 saturated carbocycles. The molecule has 5 N–H and O–H groups in total. The zero-order valence-electron chi connectivity index (χ0n) is 22.3. The molecule has 210 valence electrons. The number of aromatic hydroxyl groups is 1. The first kappa shape index (κ1) is 28.5. The minimum Gasteiger partial charge on any atom is -0.507 e. The second kappa shape index (κ2) is 8.73. The molecule has 13 nitrogen and oxygen atoms in total. The molecule has 39 heavy (non-hydrogen) atoms. The minimum atomic E-state index is -3.14.